The van der Waals surface area contributed by atoms with Crippen LogP contribution in [0, 0.1) is 0 Å². The Kier molecular flexibility index (Phi) is 9.37. The first-order valence-corrected chi connectivity index (χ1v) is 7.74. The van der Waals surface area contributed by atoms with Gasteiger partial charge >= 0.3 is 0 Å². The highest BCUT2D eigenvalue weighted by Crippen LogP contribution is 2.25. The SMILES string of the molecule is CCCCNC(=NC)NCc1csc(C(C)(C)C)n1.I. The standard InChI is InChI=1S/C14H26N4S.HI/c1-6-7-8-16-13(15-5)17-9-11-10-19-12(18-11)14(2,3)4;/h10H,6-9H2,1-5H3,(H2,15,16,17);1H. The number of nitrogens with zero attached hydrogens (tertiary/aromatic N) is 2. The molecule has 6 heteroatoms. The summed E-state index contributed by atoms with van der Waals surface area (Å²) < 4.78 is 0. The third-order valence-corrected chi connectivity index (χ3v) is 3.99. The summed E-state index contributed by atoms with van der Waals surface area (Å²) in [6, 6.07) is 0. The fraction of sp³-hybridized carbons (Fsp3) is 0.714. The average Bonchev–Trinajstić information content (AvgIpc) is 2.82. The lowest BCUT2D eigenvalue weighted by Gasteiger charge is -2.14. The molecule has 0 aliphatic heterocycles. The molecule has 0 fully saturated rings. The number of hydrogen-bond donors (Lipinski definition) is 2. The lowest BCUT2D eigenvalue weighted by molar-refractivity contribution is 0.582. The summed E-state index contributed by atoms with van der Waals surface area (Å²) >= 11 is 1.73. The van der Waals surface area contributed by atoms with Crippen molar-refractivity contribution in [2.75, 3.05) is 13.6 Å². The van der Waals surface area contributed by atoms with Gasteiger partial charge in [-0.05, 0) is 6.42 Å². The maximum Gasteiger partial charge on any atom is 0.191 e. The second-order valence-corrected chi connectivity index (χ2v) is 6.46. The summed E-state index contributed by atoms with van der Waals surface area (Å²) in [5.74, 6) is 0.846. The molecule has 0 aliphatic carbocycles. The van der Waals surface area contributed by atoms with E-state index in [2.05, 4.69) is 53.7 Å². The molecule has 0 saturated heterocycles. The van der Waals surface area contributed by atoms with Crippen LogP contribution in [-0.2, 0) is 12.0 Å². The highest BCUT2D eigenvalue weighted by atomic mass is 127. The van der Waals surface area contributed by atoms with Gasteiger partial charge < -0.3 is 10.6 Å². The van der Waals surface area contributed by atoms with E-state index in [4.69, 9.17) is 0 Å². The number of rotatable bonds is 5. The van der Waals surface area contributed by atoms with Crippen LogP contribution >= 0.6 is 35.3 Å². The lowest BCUT2D eigenvalue weighted by atomic mass is 9.98. The smallest absolute Gasteiger partial charge is 0.191 e. The number of aromatic nitrogens is 1. The van der Waals surface area contributed by atoms with E-state index >= 15 is 0 Å². The van der Waals surface area contributed by atoms with Gasteiger partial charge in [-0.2, -0.15) is 0 Å². The second-order valence-electron chi connectivity index (χ2n) is 5.60. The number of aliphatic imine (C=N–C) groups is 1. The minimum absolute atomic E-state index is 0. The van der Waals surface area contributed by atoms with E-state index in [0.29, 0.717) is 0 Å². The van der Waals surface area contributed by atoms with Gasteiger partial charge in [-0.3, -0.25) is 4.99 Å². The predicted molar refractivity (Wildman–Crippen MR) is 99.3 cm³/mol. The van der Waals surface area contributed by atoms with E-state index in [1.807, 2.05) is 0 Å². The molecule has 0 unspecified atom stereocenters. The molecule has 0 aliphatic rings. The van der Waals surface area contributed by atoms with Crippen molar-refractivity contribution in [3.63, 3.8) is 0 Å². The molecule has 0 spiro atoms. The summed E-state index contributed by atoms with van der Waals surface area (Å²) in [5, 5.41) is 9.88. The van der Waals surface area contributed by atoms with Crippen LogP contribution in [0.4, 0.5) is 0 Å². The summed E-state index contributed by atoms with van der Waals surface area (Å²) in [6.07, 6.45) is 2.34. The van der Waals surface area contributed by atoms with Gasteiger partial charge in [-0.15, -0.1) is 35.3 Å². The fourth-order valence-corrected chi connectivity index (χ4v) is 2.42. The average molecular weight is 410 g/mol. The number of guanidine groups is 1. The van der Waals surface area contributed by atoms with Crippen molar-refractivity contribution in [3.8, 4) is 0 Å². The van der Waals surface area contributed by atoms with Crippen molar-refractivity contribution in [3.05, 3.63) is 16.1 Å². The van der Waals surface area contributed by atoms with E-state index in [9.17, 15) is 0 Å². The minimum Gasteiger partial charge on any atom is -0.356 e. The fourth-order valence-electron chi connectivity index (χ4n) is 1.51. The van der Waals surface area contributed by atoms with E-state index in [0.717, 1.165) is 31.2 Å². The van der Waals surface area contributed by atoms with Gasteiger partial charge in [0.15, 0.2) is 5.96 Å². The third-order valence-electron chi connectivity index (χ3n) is 2.68. The number of thiazole rings is 1. The van der Waals surface area contributed by atoms with Crippen LogP contribution in [-0.4, -0.2) is 24.5 Å². The zero-order valence-corrected chi connectivity index (χ0v) is 16.3. The first-order chi connectivity index (χ1) is 8.97. The molecule has 0 aromatic carbocycles. The summed E-state index contributed by atoms with van der Waals surface area (Å²) in [4.78, 5) is 8.86. The summed E-state index contributed by atoms with van der Waals surface area (Å²) in [7, 11) is 1.79. The third kappa shape index (κ3) is 6.88. The maximum absolute atomic E-state index is 4.66. The van der Waals surface area contributed by atoms with E-state index in [-0.39, 0.29) is 29.4 Å². The molecule has 4 nitrogen and oxygen atoms in total. The number of hydrogen-bond acceptors (Lipinski definition) is 3. The molecule has 1 heterocycles. The molecule has 1 aromatic heterocycles. The maximum atomic E-state index is 4.66. The number of unbranched alkanes of at least 4 members (excludes halogenated alkanes) is 1. The van der Waals surface area contributed by atoms with Gasteiger partial charge in [0.25, 0.3) is 0 Å². The van der Waals surface area contributed by atoms with Gasteiger partial charge in [-0.25, -0.2) is 4.98 Å². The molecule has 0 saturated carbocycles. The van der Waals surface area contributed by atoms with Gasteiger partial charge in [-0.1, -0.05) is 34.1 Å². The number of halogens is 1. The quantitative estimate of drug-likeness (QED) is 0.338. The summed E-state index contributed by atoms with van der Waals surface area (Å²) in [5.41, 5.74) is 1.21. The molecule has 0 radical (unpaired) electrons. The van der Waals surface area contributed by atoms with Crippen molar-refractivity contribution < 1.29 is 0 Å². The van der Waals surface area contributed by atoms with Crippen LogP contribution in [0.2, 0.25) is 0 Å². The van der Waals surface area contributed by atoms with Crippen LogP contribution < -0.4 is 10.6 Å². The molecule has 116 valence electrons. The highest BCUT2D eigenvalue weighted by molar-refractivity contribution is 14.0. The Bertz CT molecular complexity index is 410. The molecule has 0 bridgehead atoms. The predicted octanol–water partition coefficient (Wildman–Crippen LogP) is 3.52. The molecule has 0 amide bonds. The van der Waals surface area contributed by atoms with Crippen LogP contribution in [0.5, 0.6) is 0 Å². The van der Waals surface area contributed by atoms with Gasteiger partial charge in [0, 0.05) is 24.4 Å². The molecule has 20 heavy (non-hydrogen) atoms. The Morgan fingerprint density at radius 1 is 1.35 bits per heavy atom. The van der Waals surface area contributed by atoms with E-state index in [1.165, 1.54) is 11.4 Å². The van der Waals surface area contributed by atoms with Crippen LogP contribution in [0.1, 0.15) is 51.2 Å². The van der Waals surface area contributed by atoms with Crippen molar-refractivity contribution in [1.29, 1.82) is 0 Å². The molecule has 1 rings (SSSR count). The largest absolute Gasteiger partial charge is 0.356 e. The van der Waals surface area contributed by atoms with Gasteiger partial charge in [0.05, 0.1) is 17.2 Å². The monoisotopic (exact) mass is 410 g/mol. The minimum atomic E-state index is 0. The Labute approximate surface area is 143 Å². The molecular formula is C14H27IN4S. The van der Waals surface area contributed by atoms with Crippen molar-refractivity contribution in [2.24, 2.45) is 4.99 Å². The molecular weight excluding hydrogens is 383 g/mol. The Morgan fingerprint density at radius 2 is 2.05 bits per heavy atom. The van der Waals surface area contributed by atoms with Crippen LogP contribution in [0.15, 0.2) is 10.4 Å². The topological polar surface area (TPSA) is 49.3 Å². The molecule has 0 atom stereocenters. The first-order valence-electron chi connectivity index (χ1n) is 6.86. The Balaban J connectivity index is 0.00000361. The van der Waals surface area contributed by atoms with Crippen molar-refractivity contribution in [1.82, 2.24) is 15.6 Å². The lowest BCUT2D eigenvalue weighted by Crippen LogP contribution is -2.37. The number of nitrogens with one attached hydrogen (secondary N) is 2. The summed E-state index contributed by atoms with van der Waals surface area (Å²) in [6.45, 7) is 10.4. The Hall–Kier alpha value is -0.370. The highest BCUT2D eigenvalue weighted by Gasteiger charge is 2.17. The van der Waals surface area contributed by atoms with E-state index in [1.54, 1.807) is 18.4 Å². The Morgan fingerprint density at radius 3 is 2.55 bits per heavy atom. The van der Waals surface area contributed by atoms with Gasteiger partial charge in [0.2, 0.25) is 0 Å². The zero-order valence-electron chi connectivity index (χ0n) is 13.1. The molecule has 1 aromatic rings. The van der Waals surface area contributed by atoms with Crippen LogP contribution in [0.25, 0.3) is 0 Å². The van der Waals surface area contributed by atoms with Crippen molar-refractivity contribution in [2.45, 2.75) is 52.5 Å². The second kappa shape index (κ2) is 9.55. The van der Waals surface area contributed by atoms with Crippen molar-refractivity contribution >= 4 is 41.3 Å². The first kappa shape index (κ1) is 19.6. The zero-order chi connectivity index (χ0) is 14.3. The normalized spacial score (nSPS) is 11.9. The van der Waals surface area contributed by atoms with Crippen LogP contribution in [0.3, 0.4) is 0 Å². The molecule has 2 N–H and O–H groups in total. The van der Waals surface area contributed by atoms with Gasteiger partial charge in [0.1, 0.15) is 0 Å². The van der Waals surface area contributed by atoms with E-state index < -0.39 is 0 Å².